The Kier molecular flexibility index (Phi) is 5.85. The quantitative estimate of drug-likeness (QED) is 0.510. The lowest BCUT2D eigenvalue weighted by Crippen LogP contribution is -1.92. The van der Waals surface area contributed by atoms with E-state index in [2.05, 4.69) is 19.7 Å². The lowest BCUT2D eigenvalue weighted by molar-refractivity contribution is 0.667. The summed E-state index contributed by atoms with van der Waals surface area (Å²) in [5.74, 6) is 0. The van der Waals surface area contributed by atoms with Gasteiger partial charge >= 0.3 is 0 Å². The summed E-state index contributed by atoms with van der Waals surface area (Å²) >= 11 is 0. The molecule has 1 rings (SSSR count). The fraction of sp³-hybridized carbons (Fsp3) is 0.400. The smallest absolute Gasteiger partial charge is 0.0175 e. The van der Waals surface area contributed by atoms with E-state index in [1.807, 2.05) is 12.2 Å². The molecule has 0 heterocycles. The molecule has 0 amide bonds. The predicted molar refractivity (Wildman–Crippen MR) is 48.0 cm³/mol. The molecule has 0 aromatic carbocycles. The summed E-state index contributed by atoms with van der Waals surface area (Å²) < 4.78 is 0. The van der Waals surface area contributed by atoms with Crippen LogP contribution < -0.4 is 0 Å². The van der Waals surface area contributed by atoms with Crippen LogP contribution in [0.2, 0.25) is 0 Å². The second-order valence-electron chi connectivity index (χ2n) is 2.42. The van der Waals surface area contributed by atoms with E-state index in [-0.39, 0.29) is 0 Å². The number of hydrogen-bond acceptors (Lipinski definition) is 0. The van der Waals surface area contributed by atoms with Gasteiger partial charge in [-0.15, -0.1) is 13.2 Å². The van der Waals surface area contributed by atoms with E-state index in [1.54, 1.807) is 0 Å². The number of allylic oxidation sites excluding steroid dienone is 3. The molecule has 56 valence electrons. The monoisotopic (exact) mass is 136 g/mol. The highest BCUT2D eigenvalue weighted by molar-refractivity contribution is 5.01. The van der Waals surface area contributed by atoms with E-state index in [1.165, 1.54) is 24.8 Å². The molecular formula is C10H16. The van der Waals surface area contributed by atoms with Crippen molar-refractivity contribution in [2.24, 2.45) is 0 Å². The third-order valence-corrected chi connectivity index (χ3v) is 1.39. The van der Waals surface area contributed by atoms with Crippen molar-refractivity contribution >= 4 is 0 Å². The molecule has 1 fully saturated rings. The van der Waals surface area contributed by atoms with Crippen LogP contribution in [0.3, 0.4) is 0 Å². The third-order valence-electron chi connectivity index (χ3n) is 1.39. The Morgan fingerprint density at radius 3 is 1.60 bits per heavy atom. The summed E-state index contributed by atoms with van der Waals surface area (Å²) in [6, 6.07) is 0. The standard InChI is InChI=1S/2C5H8/c1-5-3-2-4-5;1-3-5-4-2/h1-4H2;3-4H,1-2,5H2. The van der Waals surface area contributed by atoms with E-state index in [4.69, 9.17) is 0 Å². The Labute approximate surface area is 64.0 Å². The molecule has 0 heteroatoms. The van der Waals surface area contributed by atoms with E-state index >= 15 is 0 Å². The molecule has 0 aromatic rings. The van der Waals surface area contributed by atoms with Crippen LogP contribution in [0.15, 0.2) is 37.5 Å². The summed E-state index contributed by atoms with van der Waals surface area (Å²) in [5.41, 5.74) is 1.44. The summed E-state index contributed by atoms with van der Waals surface area (Å²) in [6.07, 6.45) is 8.51. The zero-order valence-electron chi connectivity index (χ0n) is 6.60. The molecule has 1 saturated carbocycles. The van der Waals surface area contributed by atoms with Gasteiger partial charge in [-0.2, -0.15) is 0 Å². The van der Waals surface area contributed by atoms with Gasteiger partial charge in [0.05, 0.1) is 0 Å². The molecule has 0 nitrogen and oxygen atoms in total. The van der Waals surface area contributed by atoms with Gasteiger partial charge in [-0.25, -0.2) is 0 Å². The first-order valence-electron chi connectivity index (χ1n) is 3.69. The molecule has 1 aliphatic rings. The Bertz CT molecular complexity index is 108. The first-order chi connectivity index (χ1) is 4.81. The van der Waals surface area contributed by atoms with Gasteiger partial charge in [0.2, 0.25) is 0 Å². The molecule has 1 aliphatic carbocycles. The Morgan fingerprint density at radius 2 is 1.60 bits per heavy atom. The Morgan fingerprint density at radius 1 is 1.20 bits per heavy atom. The van der Waals surface area contributed by atoms with Crippen molar-refractivity contribution in [2.75, 3.05) is 0 Å². The molecule has 0 N–H and O–H groups in total. The van der Waals surface area contributed by atoms with Gasteiger partial charge in [0.15, 0.2) is 0 Å². The van der Waals surface area contributed by atoms with Gasteiger partial charge in [-0.1, -0.05) is 24.3 Å². The molecule has 0 aliphatic heterocycles. The van der Waals surface area contributed by atoms with Crippen molar-refractivity contribution < 1.29 is 0 Å². The largest absolute Gasteiger partial charge is 0.103 e. The van der Waals surface area contributed by atoms with Crippen LogP contribution in [0, 0.1) is 0 Å². The van der Waals surface area contributed by atoms with Crippen LogP contribution in [0.1, 0.15) is 25.7 Å². The minimum absolute atomic E-state index is 0.917. The normalized spacial score (nSPS) is 14.2. The highest BCUT2D eigenvalue weighted by atomic mass is 14.1. The average molecular weight is 136 g/mol. The maximum Gasteiger partial charge on any atom is -0.0175 e. The molecule has 0 saturated heterocycles. The van der Waals surface area contributed by atoms with E-state index in [9.17, 15) is 0 Å². The topological polar surface area (TPSA) is 0 Å². The molecule has 0 spiro atoms. The van der Waals surface area contributed by atoms with E-state index in [0.29, 0.717) is 0 Å². The number of rotatable bonds is 2. The molecule has 0 bridgehead atoms. The van der Waals surface area contributed by atoms with Gasteiger partial charge in [-0.3, -0.25) is 0 Å². The first-order valence-corrected chi connectivity index (χ1v) is 3.69. The van der Waals surface area contributed by atoms with Crippen LogP contribution in [0.25, 0.3) is 0 Å². The minimum atomic E-state index is 0.917. The maximum atomic E-state index is 3.76. The summed E-state index contributed by atoms with van der Waals surface area (Å²) in [4.78, 5) is 0. The van der Waals surface area contributed by atoms with E-state index < -0.39 is 0 Å². The highest BCUT2D eigenvalue weighted by Gasteiger charge is 2.02. The third kappa shape index (κ3) is 5.36. The van der Waals surface area contributed by atoms with Crippen LogP contribution in [-0.2, 0) is 0 Å². The molecule has 10 heavy (non-hydrogen) atoms. The van der Waals surface area contributed by atoms with Crippen molar-refractivity contribution in [3.8, 4) is 0 Å². The van der Waals surface area contributed by atoms with Crippen molar-refractivity contribution in [2.45, 2.75) is 25.7 Å². The lowest BCUT2D eigenvalue weighted by atomic mass is 9.95. The van der Waals surface area contributed by atoms with Crippen LogP contribution in [0.5, 0.6) is 0 Å². The summed E-state index contributed by atoms with van der Waals surface area (Å²) in [6.45, 7) is 10.7. The van der Waals surface area contributed by atoms with Crippen molar-refractivity contribution in [3.05, 3.63) is 37.5 Å². The molecule has 0 aromatic heterocycles. The maximum absolute atomic E-state index is 3.76. The van der Waals surface area contributed by atoms with Crippen LogP contribution in [0.4, 0.5) is 0 Å². The Hall–Kier alpha value is -0.780. The second kappa shape index (κ2) is 6.34. The second-order valence-corrected chi connectivity index (χ2v) is 2.42. The summed E-state index contributed by atoms with van der Waals surface area (Å²) in [5, 5.41) is 0. The van der Waals surface area contributed by atoms with Crippen molar-refractivity contribution in [1.29, 1.82) is 0 Å². The first kappa shape index (κ1) is 9.22. The van der Waals surface area contributed by atoms with E-state index in [0.717, 1.165) is 6.42 Å². The van der Waals surface area contributed by atoms with Gasteiger partial charge in [-0.05, 0) is 25.7 Å². The zero-order valence-corrected chi connectivity index (χ0v) is 6.60. The predicted octanol–water partition coefficient (Wildman–Crippen LogP) is 3.48. The van der Waals surface area contributed by atoms with Crippen LogP contribution in [-0.4, -0.2) is 0 Å². The van der Waals surface area contributed by atoms with Gasteiger partial charge in [0.1, 0.15) is 0 Å². The van der Waals surface area contributed by atoms with Gasteiger partial charge < -0.3 is 0 Å². The van der Waals surface area contributed by atoms with Crippen molar-refractivity contribution in [1.82, 2.24) is 0 Å². The highest BCUT2D eigenvalue weighted by Crippen LogP contribution is 2.21. The lowest BCUT2D eigenvalue weighted by Gasteiger charge is -2.11. The average Bonchev–Trinajstić information content (AvgIpc) is 1.87. The molecule has 0 radical (unpaired) electrons. The fourth-order valence-electron chi connectivity index (χ4n) is 0.545. The fourth-order valence-corrected chi connectivity index (χ4v) is 0.545. The SMILES string of the molecule is C=C1CCC1.C=CCC=C. The van der Waals surface area contributed by atoms with Gasteiger partial charge in [0, 0.05) is 0 Å². The number of hydrogen-bond donors (Lipinski definition) is 0. The molecule has 0 unspecified atom stereocenters. The van der Waals surface area contributed by atoms with Gasteiger partial charge in [0.25, 0.3) is 0 Å². The zero-order chi connectivity index (χ0) is 7.82. The van der Waals surface area contributed by atoms with Crippen LogP contribution >= 0.6 is 0 Å². The van der Waals surface area contributed by atoms with Crippen molar-refractivity contribution in [3.63, 3.8) is 0 Å². The molecular weight excluding hydrogens is 120 g/mol. The molecule has 0 atom stereocenters. The summed E-state index contributed by atoms with van der Waals surface area (Å²) in [7, 11) is 0. The minimum Gasteiger partial charge on any atom is -0.103 e. The Balaban J connectivity index is 0.000000162.